The van der Waals surface area contributed by atoms with Crippen molar-refractivity contribution in [3.05, 3.63) is 31.2 Å². The van der Waals surface area contributed by atoms with E-state index >= 15 is 0 Å². The van der Waals surface area contributed by atoms with Crippen LogP contribution in [0.3, 0.4) is 0 Å². The molecule has 30 heavy (non-hydrogen) atoms. The summed E-state index contributed by atoms with van der Waals surface area (Å²) in [6.07, 6.45) is 5.08. The maximum absolute atomic E-state index is 12.5. The smallest absolute Gasteiger partial charge is 0.257 e. The molecule has 1 saturated heterocycles. The van der Waals surface area contributed by atoms with Gasteiger partial charge < -0.3 is 15.5 Å². The fourth-order valence-electron chi connectivity index (χ4n) is 3.42. The summed E-state index contributed by atoms with van der Waals surface area (Å²) < 4.78 is 26.2. The molecule has 1 fully saturated rings. The van der Waals surface area contributed by atoms with Gasteiger partial charge in [0, 0.05) is 25.3 Å². The van der Waals surface area contributed by atoms with E-state index in [2.05, 4.69) is 42.5 Å². The minimum atomic E-state index is -2.49. The number of carbonyl (C=O) groups excluding carboxylic acids is 1. The predicted octanol–water partition coefficient (Wildman–Crippen LogP) is 2.15. The maximum Gasteiger partial charge on any atom is 0.257 e. The number of likely N-dealkylation sites (tertiary alicyclic amines) is 1. The van der Waals surface area contributed by atoms with Gasteiger partial charge in [-0.1, -0.05) is 6.58 Å². The minimum absolute atomic E-state index is 0.0114. The maximum atomic E-state index is 12.5. The third-order valence-corrected chi connectivity index (χ3v) is 4.77. The van der Waals surface area contributed by atoms with E-state index in [4.69, 9.17) is 0 Å². The zero-order valence-electron chi connectivity index (χ0n) is 16.1. The largest absolute Gasteiger partial charge is 0.365 e. The number of rotatable bonds is 7. The van der Waals surface area contributed by atoms with E-state index in [0.717, 1.165) is 17.5 Å². The van der Waals surface area contributed by atoms with Crippen molar-refractivity contribution in [1.29, 1.82) is 0 Å². The zero-order chi connectivity index (χ0) is 21.1. The van der Waals surface area contributed by atoms with E-state index in [1.165, 1.54) is 18.5 Å². The second-order valence-electron chi connectivity index (χ2n) is 6.97. The Balaban J connectivity index is 1.53. The number of H-pyrrole nitrogens is 1. The van der Waals surface area contributed by atoms with Gasteiger partial charge in [0.25, 0.3) is 6.43 Å². The second kappa shape index (κ2) is 8.43. The molecule has 0 aliphatic carbocycles. The Morgan fingerprint density at radius 3 is 3.07 bits per heavy atom. The van der Waals surface area contributed by atoms with Crippen LogP contribution in [0.4, 0.5) is 26.2 Å². The third kappa shape index (κ3) is 4.36. The van der Waals surface area contributed by atoms with Crippen molar-refractivity contribution in [3.63, 3.8) is 0 Å². The van der Waals surface area contributed by atoms with Crippen LogP contribution < -0.4 is 10.6 Å². The van der Waals surface area contributed by atoms with Crippen LogP contribution in [0.2, 0.25) is 0 Å². The number of nitrogens with zero attached hydrogens (tertiary/aromatic N) is 6. The Hall–Kier alpha value is -3.57. The monoisotopic (exact) mass is 417 g/mol. The third-order valence-electron chi connectivity index (χ3n) is 4.77. The quantitative estimate of drug-likeness (QED) is 0.504. The summed E-state index contributed by atoms with van der Waals surface area (Å²) in [6, 6.07) is 0.0114. The average molecular weight is 417 g/mol. The molecule has 0 radical (unpaired) electrons. The van der Waals surface area contributed by atoms with Gasteiger partial charge in [0.1, 0.15) is 12.4 Å². The van der Waals surface area contributed by atoms with E-state index < -0.39 is 13.0 Å². The summed E-state index contributed by atoms with van der Waals surface area (Å²) in [5, 5.41) is 17.8. The van der Waals surface area contributed by atoms with Gasteiger partial charge >= 0.3 is 0 Å². The number of aromatic amines is 1. The predicted molar refractivity (Wildman–Crippen MR) is 107 cm³/mol. The number of hydrogen-bond donors (Lipinski definition) is 3. The fraction of sp³-hybridized carbons (Fsp3) is 0.389. The van der Waals surface area contributed by atoms with Crippen LogP contribution in [0.5, 0.6) is 0 Å². The summed E-state index contributed by atoms with van der Waals surface area (Å²) in [6.45, 7) is 4.29. The first-order chi connectivity index (χ1) is 14.5. The number of nitrogens with one attached hydrogen (secondary N) is 3. The first-order valence-electron chi connectivity index (χ1n) is 9.48. The van der Waals surface area contributed by atoms with Crippen LogP contribution in [0.1, 0.15) is 12.8 Å². The molecule has 4 rings (SSSR count). The van der Waals surface area contributed by atoms with E-state index in [0.29, 0.717) is 35.6 Å². The molecule has 3 N–H and O–H groups in total. The van der Waals surface area contributed by atoms with Crippen LogP contribution in [0.25, 0.3) is 11.0 Å². The van der Waals surface area contributed by atoms with E-state index in [-0.39, 0.29) is 17.9 Å². The summed E-state index contributed by atoms with van der Waals surface area (Å²) >= 11 is 0. The lowest BCUT2D eigenvalue weighted by Crippen LogP contribution is -2.44. The lowest BCUT2D eigenvalue weighted by atomic mass is 10.1. The summed E-state index contributed by atoms with van der Waals surface area (Å²) in [7, 11) is 0. The Bertz CT molecular complexity index is 1050. The molecule has 0 spiro atoms. The number of hydrogen-bond acceptors (Lipinski definition) is 7. The highest BCUT2D eigenvalue weighted by Crippen LogP contribution is 2.24. The highest BCUT2D eigenvalue weighted by Gasteiger charge is 2.23. The van der Waals surface area contributed by atoms with Crippen molar-refractivity contribution < 1.29 is 13.6 Å². The Kier molecular flexibility index (Phi) is 5.55. The number of carbonyl (C=O) groups is 1. The van der Waals surface area contributed by atoms with Crippen molar-refractivity contribution in [3.8, 4) is 0 Å². The second-order valence-corrected chi connectivity index (χ2v) is 6.97. The molecule has 1 amide bonds. The van der Waals surface area contributed by atoms with Gasteiger partial charge in [-0.15, -0.1) is 0 Å². The SMILES string of the molecule is C=CC(=O)N1CCC[C@@H](Nc2nc(Nc3cnn(CC(F)F)c3)nc3[nH]ncc23)C1. The van der Waals surface area contributed by atoms with Crippen LogP contribution in [0, 0.1) is 0 Å². The van der Waals surface area contributed by atoms with Crippen LogP contribution in [-0.4, -0.2) is 66.3 Å². The molecule has 1 aliphatic rings. The molecule has 3 aromatic heterocycles. The summed E-state index contributed by atoms with van der Waals surface area (Å²) in [4.78, 5) is 22.6. The lowest BCUT2D eigenvalue weighted by Gasteiger charge is -2.32. The molecule has 0 bridgehead atoms. The Labute approximate surface area is 170 Å². The summed E-state index contributed by atoms with van der Waals surface area (Å²) in [5.41, 5.74) is 1.01. The number of piperidine rings is 1. The fourth-order valence-corrected chi connectivity index (χ4v) is 3.42. The molecular formula is C18H21F2N9O. The normalized spacial score (nSPS) is 16.8. The average Bonchev–Trinajstić information content (AvgIpc) is 3.36. The van der Waals surface area contributed by atoms with Crippen molar-refractivity contribution >= 4 is 34.4 Å². The molecule has 158 valence electrons. The topological polar surface area (TPSA) is 117 Å². The van der Waals surface area contributed by atoms with Crippen molar-refractivity contribution in [2.45, 2.75) is 31.9 Å². The molecule has 3 aromatic rings. The Morgan fingerprint density at radius 2 is 2.27 bits per heavy atom. The molecule has 1 atom stereocenters. The van der Waals surface area contributed by atoms with Crippen molar-refractivity contribution in [2.75, 3.05) is 23.7 Å². The van der Waals surface area contributed by atoms with Crippen molar-refractivity contribution in [1.82, 2.24) is 34.8 Å². The van der Waals surface area contributed by atoms with Gasteiger partial charge in [0.15, 0.2) is 5.65 Å². The van der Waals surface area contributed by atoms with E-state index in [1.54, 1.807) is 11.1 Å². The molecule has 1 aliphatic heterocycles. The summed E-state index contributed by atoms with van der Waals surface area (Å²) in [5.74, 6) is 0.732. The Morgan fingerprint density at radius 1 is 1.40 bits per heavy atom. The van der Waals surface area contributed by atoms with Gasteiger partial charge in [-0.3, -0.25) is 14.6 Å². The minimum Gasteiger partial charge on any atom is -0.365 e. The first kappa shape index (κ1) is 19.7. The van der Waals surface area contributed by atoms with Gasteiger partial charge in [-0.25, -0.2) is 8.78 Å². The highest BCUT2D eigenvalue weighted by molar-refractivity contribution is 5.88. The molecule has 0 saturated carbocycles. The van der Waals surface area contributed by atoms with Crippen LogP contribution >= 0.6 is 0 Å². The van der Waals surface area contributed by atoms with Gasteiger partial charge in [0.2, 0.25) is 11.9 Å². The number of amides is 1. The molecule has 0 aromatic carbocycles. The van der Waals surface area contributed by atoms with Crippen LogP contribution in [-0.2, 0) is 11.3 Å². The number of aromatic nitrogens is 6. The molecule has 10 nitrogen and oxygen atoms in total. The van der Waals surface area contributed by atoms with Gasteiger partial charge in [0.05, 0.1) is 23.5 Å². The number of halogens is 2. The molecule has 12 heteroatoms. The standard InChI is InChI=1S/C18H21F2N9O/c1-2-15(30)28-5-3-4-11(8-28)23-16-13-7-21-27-17(13)26-18(25-16)24-12-6-22-29(9-12)10-14(19)20/h2,6-7,9,11,14H,1,3-5,8,10H2,(H3,21,23,24,25,26,27)/t11-/m1/s1. The molecule has 0 unspecified atom stereocenters. The first-order valence-corrected chi connectivity index (χ1v) is 9.48. The number of alkyl halides is 2. The lowest BCUT2D eigenvalue weighted by molar-refractivity contribution is -0.127. The van der Waals surface area contributed by atoms with Crippen molar-refractivity contribution in [2.24, 2.45) is 0 Å². The van der Waals surface area contributed by atoms with Gasteiger partial charge in [-0.05, 0) is 18.9 Å². The zero-order valence-corrected chi connectivity index (χ0v) is 16.1. The molecular weight excluding hydrogens is 396 g/mol. The van der Waals surface area contributed by atoms with E-state index in [9.17, 15) is 13.6 Å². The molecule has 4 heterocycles. The highest BCUT2D eigenvalue weighted by atomic mass is 19.3. The van der Waals surface area contributed by atoms with Crippen LogP contribution in [0.15, 0.2) is 31.2 Å². The van der Waals surface area contributed by atoms with Gasteiger partial charge in [-0.2, -0.15) is 20.2 Å². The van der Waals surface area contributed by atoms with E-state index in [1.807, 2.05) is 0 Å². The number of fused-ring (bicyclic) bond motifs is 1. The number of anilines is 3.